The van der Waals surface area contributed by atoms with Crippen LogP contribution in [0.2, 0.25) is 0 Å². The number of fused-ring (bicyclic) bond motifs is 1. The Morgan fingerprint density at radius 1 is 0.764 bits per heavy atom. The molecule has 3 aliphatic rings. The monoisotopic (exact) mass is 787 g/mol. The molecule has 8 heteroatoms. The molecule has 4 amide bonds. The molecule has 0 unspecified atom stereocenters. The van der Waals surface area contributed by atoms with Crippen molar-refractivity contribution >= 4 is 62.0 Å². The van der Waals surface area contributed by atoms with E-state index >= 15 is 0 Å². The minimum absolute atomic E-state index is 0.0759. The lowest BCUT2D eigenvalue weighted by Gasteiger charge is -2.44. The van der Waals surface area contributed by atoms with Crippen molar-refractivity contribution in [2.45, 2.75) is 38.2 Å². The van der Waals surface area contributed by atoms with Crippen LogP contribution in [0.5, 0.6) is 5.75 Å². The molecule has 1 N–H and O–H groups in total. The van der Waals surface area contributed by atoms with Gasteiger partial charge >= 0.3 is 6.03 Å². The Kier molecular flexibility index (Phi) is 9.06. The minimum Gasteiger partial charge on any atom is -0.488 e. The van der Waals surface area contributed by atoms with Gasteiger partial charge in [0, 0.05) is 46.2 Å². The summed E-state index contributed by atoms with van der Waals surface area (Å²) in [4.78, 5) is 45.5. The zero-order valence-corrected chi connectivity index (χ0v) is 31.9. The molecule has 272 valence electrons. The number of barbiturate groups is 1. The fourth-order valence-corrected chi connectivity index (χ4v) is 8.94. The van der Waals surface area contributed by atoms with E-state index in [0.717, 1.165) is 68.3 Å². The average Bonchev–Trinajstić information content (AvgIpc) is 3.20. The van der Waals surface area contributed by atoms with Gasteiger partial charge in [0.2, 0.25) is 0 Å². The fraction of sp³-hybridized carbons (Fsp3) is 0.170. The van der Waals surface area contributed by atoms with E-state index in [1.165, 1.54) is 22.9 Å². The van der Waals surface area contributed by atoms with Gasteiger partial charge in [0.1, 0.15) is 17.9 Å². The van der Waals surface area contributed by atoms with Crippen molar-refractivity contribution in [3.8, 4) is 5.75 Å². The second-order valence-corrected chi connectivity index (χ2v) is 15.4. The third kappa shape index (κ3) is 6.40. The number of carbonyl (C=O) groups excluding carboxylic acids is 3. The first-order chi connectivity index (χ1) is 26.8. The molecule has 3 heterocycles. The van der Waals surface area contributed by atoms with E-state index in [0.29, 0.717) is 17.0 Å². The number of urea groups is 1. The molecule has 0 aliphatic carbocycles. The van der Waals surface area contributed by atoms with Crippen LogP contribution in [0.15, 0.2) is 137 Å². The Morgan fingerprint density at radius 2 is 1.40 bits per heavy atom. The molecule has 1 saturated heterocycles. The van der Waals surface area contributed by atoms with E-state index in [1.807, 2.05) is 54.6 Å². The molecule has 9 rings (SSSR count). The molecule has 0 radical (unpaired) electrons. The molecule has 0 aromatic heterocycles. The number of amides is 4. The third-order valence-corrected chi connectivity index (χ3v) is 11.8. The van der Waals surface area contributed by atoms with Gasteiger partial charge in [-0.15, -0.1) is 0 Å². The maximum atomic E-state index is 14.6. The van der Waals surface area contributed by atoms with E-state index < -0.39 is 17.8 Å². The summed E-state index contributed by atoms with van der Waals surface area (Å²) in [6.07, 6.45) is 3.34. The highest BCUT2D eigenvalue weighted by Crippen LogP contribution is 2.50. The van der Waals surface area contributed by atoms with Crippen molar-refractivity contribution in [2.24, 2.45) is 0 Å². The number of carbonyl (C=O) groups is 3. The summed E-state index contributed by atoms with van der Waals surface area (Å²) in [5.41, 5.74) is 8.70. The van der Waals surface area contributed by atoms with Crippen LogP contribution in [0.25, 0.3) is 16.8 Å². The predicted octanol–water partition coefficient (Wildman–Crippen LogP) is 10.0. The highest BCUT2D eigenvalue weighted by Gasteiger charge is 2.40. The Labute approximate surface area is 328 Å². The molecule has 0 saturated carbocycles. The summed E-state index contributed by atoms with van der Waals surface area (Å²) in [6.45, 7) is 4.18. The lowest BCUT2D eigenvalue weighted by Crippen LogP contribution is -2.54. The first kappa shape index (κ1) is 34.8. The average molecular weight is 789 g/mol. The highest BCUT2D eigenvalue weighted by atomic mass is 79.9. The Morgan fingerprint density at radius 3 is 2.07 bits per heavy atom. The number of anilines is 2. The molecular formula is C47H38BrN3O4. The van der Waals surface area contributed by atoms with Crippen LogP contribution in [-0.2, 0) is 16.2 Å². The van der Waals surface area contributed by atoms with Crippen LogP contribution in [0.1, 0.15) is 63.6 Å². The molecule has 1 fully saturated rings. The normalized spacial score (nSPS) is 18.7. The number of aryl methyl sites for hydroxylation is 1. The Bertz CT molecular complexity index is 2460. The SMILES string of the molecule is Cc1ccc2ccccc2c1COc1ccc(Br)cc1/C=C1\C(=O)NC(=O)N(c2cc3c4c(c2)[C@@H](c2ccccc2)CCN4CC[C@@H]3c2ccccc2)C1=O. The summed E-state index contributed by atoms with van der Waals surface area (Å²) in [5, 5.41) is 4.69. The van der Waals surface area contributed by atoms with Gasteiger partial charge in [0.25, 0.3) is 11.8 Å². The third-order valence-electron chi connectivity index (χ3n) is 11.3. The van der Waals surface area contributed by atoms with Gasteiger partial charge in [0.05, 0.1) is 5.69 Å². The molecule has 3 aliphatic heterocycles. The molecule has 55 heavy (non-hydrogen) atoms. The van der Waals surface area contributed by atoms with Crippen LogP contribution in [0.3, 0.4) is 0 Å². The van der Waals surface area contributed by atoms with Crippen LogP contribution in [0.4, 0.5) is 16.2 Å². The van der Waals surface area contributed by atoms with Gasteiger partial charge in [-0.3, -0.25) is 14.9 Å². The maximum Gasteiger partial charge on any atom is 0.335 e. The molecular weight excluding hydrogens is 750 g/mol. The number of imide groups is 2. The summed E-state index contributed by atoms with van der Waals surface area (Å²) >= 11 is 3.56. The number of ether oxygens (including phenoxy) is 1. The van der Waals surface area contributed by atoms with Crippen molar-refractivity contribution in [1.29, 1.82) is 0 Å². The number of benzene rings is 6. The molecule has 0 bridgehead atoms. The van der Waals surface area contributed by atoms with Crippen LogP contribution < -0.4 is 19.9 Å². The Balaban J connectivity index is 1.12. The van der Waals surface area contributed by atoms with E-state index in [-0.39, 0.29) is 24.0 Å². The van der Waals surface area contributed by atoms with Crippen molar-refractivity contribution < 1.29 is 19.1 Å². The lowest BCUT2D eigenvalue weighted by atomic mass is 9.76. The molecule has 0 spiro atoms. The second-order valence-electron chi connectivity index (χ2n) is 14.5. The molecule has 6 aromatic rings. The number of hydrogen-bond acceptors (Lipinski definition) is 5. The van der Waals surface area contributed by atoms with Crippen molar-refractivity contribution in [2.75, 3.05) is 22.9 Å². The summed E-state index contributed by atoms with van der Waals surface area (Å²) < 4.78 is 7.19. The summed E-state index contributed by atoms with van der Waals surface area (Å²) in [6, 6.07) is 41.9. The fourth-order valence-electron chi connectivity index (χ4n) is 8.57. The summed E-state index contributed by atoms with van der Waals surface area (Å²) in [7, 11) is 0. The molecule has 2 atom stereocenters. The van der Waals surface area contributed by atoms with Crippen molar-refractivity contribution in [1.82, 2.24) is 5.32 Å². The zero-order valence-electron chi connectivity index (χ0n) is 30.3. The maximum absolute atomic E-state index is 14.6. The highest BCUT2D eigenvalue weighted by molar-refractivity contribution is 9.10. The number of nitrogens with zero attached hydrogens (tertiary/aromatic N) is 2. The van der Waals surface area contributed by atoms with Gasteiger partial charge in [-0.1, -0.05) is 113 Å². The second kappa shape index (κ2) is 14.3. The van der Waals surface area contributed by atoms with Crippen molar-refractivity contribution in [3.05, 3.63) is 176 Å². The van der Waals surface area contributed by atoms with E-state index in [4.69, 9.17) is 4.74 Å². The number of rotatable bonds is 7. The quantitative estimate of drug-likeness (QED) is 0.129. The molecule has 7 nitrogen and oxygen atoms in total. The van der Waals surface area contributed by atoms with Crippen LogP contribution >= 0.6 is 15.9 Å². The van der Waals surface area contributed by atoms with Gasteiger partial charge < -0.3 is 9.64 Å². The first-order valence-corrected chi connectivity index (χ1v) is 19.5. The zero-order chi connectivity index (χ0) is 37.6. The van der Waals surface area contributed by atoms with E-state index in [1.54, 1.807) is 0 Å². The number of nitrogens with one attached hydrogen (secondary N) is 1. The first-order valence-electron chi connectivity index (χ1n) is 18.7. The summed E-state index contributed by atoms with van der Waals surface area (Å²) in [5.74, 6) is -0.787. The molecule has 6 aromatic carbocycles. The topological polar surface area (TPSA) is 79.0 Å². The predicted molar refractivity (Wildman–Crippen MR) is 221 cm³/mol. The van der Waals surface area contributed by atoms with Crippen molar-refractivity contribution in [3.63, 3.8) is 0 Å². The largest absolute Gasteiger partial charge is 0.488 e. The Hall–Kier alpha value is -5.99. The van der Waals surface area contributed by atoms with Crippen LogP contribution in [0, 0.1) is 6.92 Å². The van der Waals surface area contributed by atoms with Gasteiger partial charge in [-0.2, -0.15) is 0 Å². The van der Waals surface area contributed by atoms with Gasteiger partial charge in [0.15, 0.2) is 0 Å². The number of hydrogen-bond donors (Lipinski definition) is 1. The smallest absolute Gasteiger partial charge is 0.335 e. The number of halogens is 1. The van der Waals surface area contributed by atoms with Gasteiger partial charge in [-0.05, 0) is 94.8 Å². The van der Waals surface area contributed by atoms with Crippen LogP contribution in [-0.4, -0.2) is 30.9 Å². The standard InChI is InChI=1S/C47H38BrN3O4/c1-29-16-17-32-14-8-9-15-36(32)42(29)28-55-43-19-18-34(48)24-33(43)25-41-45(52)49-47(54)51(46(41)53)35-26-39-37(30-10-4-2-5-11-30)20-22-50-23-21-38(40(27-35)44(39)50)31-12-6-3-7-13-31/h2-19,24-27,37-38H,20-23,28H2,1H3,(H,49,52,54)/b41-25+/t37-,38-/m1/s1. The van der Waals surface area contributed by atoms with E-state index in [9.17, 15) is 14.4 Å². The lowest BCUT2D eigenvalue weighted by molar-refractivity contribution is -0.122. The van der Waals surface area contributed by atoms with E-state index in [2.05, 4.69) is 106 Å². The van der Waals surface area contributed by atoms with Gasteiger partial charge in [-0.25, -0.2) is 9.69 Å². The minimum atomic E-state index is -0.771.